The predicted molar refractivity (Wildman–Crippen MR) is 136 cm³/mol. The van der Waals surface area contributed by atoms with Gasteiger partial charge in [-0.1, -0.05) is 18.2 Å². The Morgan fingerprint density at radius 2 is 1.77 bits per heavy atom. The first kappa shape index (κ1) is 23.9. The molecule has 0 saturated heterocycles. The predicted octanol–water partition coefficient (Wildman–Crippen LogP) is 5.27. The Labute approximate surface area is 206 Å². The summed E-state index contributed by atoms with van der Waals surface area (Å²) in [5, 5.41) is 3.60. The quantitative estimate of drug-likeness (QED) is 0.371. The summed E-state index contributed by atoms with van der Waals surface area (Å²) in [6.07, 6.45) is -0.632. The van der Waals surface area contributed by atoms with Crippen molar-refractivity contribution in [3.8, 4) is 10.6 Å². The van der Waals surface area contributed by atoms with Crippen LogP contribution in [0.4, 0.5) is 16.2 Å². The summed E-state index contributed by atoms with van der Waals surface area (Å²) in [5.74, 6) is -1.21. The van der Waals surface area contributed by atoms with Crippen LogP contribution in [-0.4, -0.2) is 43.7 Å². The van der Waals surface area contributed by atoms with Crippen molar-refractivity contribution < 1.29 is 23.9 Å². The highest BCUT2D eigenvalue weighted by Crippen LogP contribution is 2.31. The van der Waals surface area contributed by atoms with Crippen molar-refractivity contribution in [3.05, 3.63) is 77.9 Å². The van der Waals surface area contributed by atoms with Gasteiger partial charge >= 0.3 is 12.1 Å². The van der Waals surface area contributed by atoms with E-state index in [1.54, 1.807) is 41.7 Å². The van der Waals surface area contributed by atoms with Crippen molar-refractivity contribution in [3.63, 3.8) is 0 Å². The summed E-state index contributed by atoms with van der Waals surface area (Å²) in [6.45, 7) is 1.57. The van der Waals surface area contributed by atoms with Crippen LogP contribution in [0.3, 0.4) is 0 Å². The van der Waals surface area contributed by atoms with E-state index in [0.717, 1.165) is 20.8 Å². The highest BCUT2D eigenvalue weighted by atomic mass is 32.1. The number of methoxy groups -OCH3 is 1. The lowest BCUT2D eigenvalue weighted by atomic mass is 10.1. The minimum absolute atomic E-state index is 0.142. The number of aromatic nitrogens is 1. The van der Waals surface area contributed by atoms with Crippen molar-refractivity contribution >= 4 is 50.9 Å². The van der Waals surface area contributed by atoms with Gasteiger partial charge in [-0.25, -0.2) is 14.6 Å². The van der Waals surface area contributed by atoms with Crippen LogP contribution in [0.15, 0.2) is 66.7 Å². The Bertz CT molecular complexity index is 1400. The van der Waals surface area contributed by atoms with Crippen molar-refractivity contribution in [2.45, 2.75) is 6.92 Å². The fraction of sp³-hybridized carbons (Fsp3) is 0.154. The first-order chi connectivity index (χ1) is 16.9. The molecule has 2 amide bonds. The lowest BCUT2D eigenvalue weighted by molar-refractivity contribution is -0.119. The molecule has 1 heterocycles. The number of amides is 2. The number of aryl methyl sites for hydroxylation is 1. The summed E-state index contributed by atoms with van der Waals surface area (Å²) < 4.78 is 11.0. The molecule has 0 radical (unpaired) electrons. The molecule has 1 aromatic heterocycles. The number of anilines is 2. The molecule has 0 aliphatic heterocycles. The zero-order valence-corrected chi connectivity index (χ0v) is 20.2. The van der Waals surface area contributed by atoms with E-state index in [-0.39, 0.29) is 5.56 Å². The average molecular weight is 490 g/mol. The van der Waals surface area contributed by atoms with Crippen LogP contribution in [0.5, 0.6) is 0 Å². The molecule has 0 fully saturated rings. The van der Waals surface area contributed by atoms with Crippen LogP contribution in [0, 0.1) is 6.92 Å². The van der Waals surface area contributed by atoms with Crippen LogP contribution in [0.25, 0.3) is 20.8 Å². The van der Waals surface area contributed by atoms with Crippen LogP contribution in [0.2, 0.25) is 0 Å². The number of benzene rings is 3. The number of hydrogen-bond donors (Lipinski definition) is 1. The second-order valence-corrected chi connectivity index (χ2v) is 8.77. The third-order valence-electron chi connectivity index (χ3n) is 5.23. The fourth-order valence-corrected chi connectivity index (χ4v) is 4.50. The van der Waals surface area contributed by atoms with Gasteiger partial charge in [-0.3, -0.25) is 9.69 Å². The lowest BCUT2D eigenvalue weighted by Gasteiger charge is -2.18. The van der Waals surface area contributed by atoms with Crippen molar-refractivity contribution in [2.75, 3.05) is 31.0 Å². The first-order valence-corrected chi connectivity index (χ1v) is 11.5. The topological polar surface area (TPSA) is 97.8 Å². The van der Waals surface area contributed by atoms with Crippen molar-refractivity contribution in [1.82, 2.24) is 4.98 Å². The van der Waals surface area contributed by atoms with E-state index in [4.69, 9.17) is 4.74 Å². The van der Waals surface area contributed by atoms with Crippen LogP contribution in [-0.2, 0) is 14.3 Å². The SMILES string of the molecule is COC(=O)N(C)c1ccccc1C(=O)OCC(=O)Nc1ccc(-c2nc3ccc(C)cc3s2)cc1. The molecule has 4 rings (SSSR count). The summed E-state index contributed by atoms with van der Waals surface area (Å²) in [4.78, 5) is 42.6. The molecular weight excluding hydrogens is 466 g/mol. The second-order valence-electron chi connectivity index (χ2n) is 7.74. The number of carbonyl (C=O) groups is 3. The highest BCUT2D eigenvalue weighted by Gasteiger charge is 2.20. The summed E-state index contributed by atoms with van der Waals surface area (Å²) in [5.41, 5.74) is 4.10. The molecular formula is C26H23N3O5S. The highest BCUT2D eigenvalue weighted by molar-refractivity contribution is 7.21. The molecule has 4 aromatic rings. The van der Waals surface area contributed by atoms with E-state index in [9.17, 15) is 14.4 Å². The third kappa shape index (κ3) is 5.47. The molecule has 0 spiro atoms. The fourth-order valence-electron chi connectivity index (χ4n) is 3.43. The monoisotopic (exact) mass is 489 g/mol. The molecule has 9 heteroatoms. The van der Waals surface area contributed by atoms with Crippen LogP contribution >= 0.6 is 11.3 Å². The van der Waals surface area contributed by atoms with Gasteiger partial charge in [-0.05, 0) is 61.0 Å². The lowest BCUT2D eigenvalue weighted by Crippen LogP contribution is -2.28. The number of thiazole rings is 1. The van der Waals surface area contributed by atoms with E-state index in [2.05, 4.69) is 21.1 Å². The number of hydrogen-bond acceptors (Lipinski definition) is 7. The van der Waals surface area contributed by atoms with Crippen LogP contribution in [0.1, 0.15) is 15.9 Å². The smallest absolute Gasteiger partial charge is 0.413 e. The molecule has 0 atom stereocenters. The van der Waals surface area contributed by atoms with E-state index >= 15 is 0 Å². The van der Waals surface area contributed by atoms with Crippen LogP contribution < -0.4 is 10.2 Å². The molecule has 0 aliphatic rings. The van der Waals surface area contributed by atoms with E-state index < -0.39 is 24.6 Å². The minimum atomic E-state index is -0.729. The Morgan fingerprint density at radius 3 is 2.51 bits per heavy atom. The number of fused-ring (bicyclic) bond motifs is 1. The summed E-state index contributed by atoms with van der Waals surface area (Å²) in [6, 6.07) is 19.9. The summed E-state index contributed by atoms with van der Waals surface area (Å²) in [7, 11) is 2.72. The van der Waals surface area contributed by atoms with E-state index in [0.29, 0.717) is 11.4 Å². The Balaban J connectivity index is 1.37. The Kier molecular flexibility index (Phi) is 7.07. The number of nitrogens with one attached hydrogen (secondary N) is 1. The zero-order valence-electron chi connectivity index (χ0n) is 19.4. The number of carbonyl (C=O) groups excluding carboxylic acids is 3. The van der Waals surface area contributed by atoms with E-state index in [1.807, 2.05) is 31.2 Å². The molecule has 0 aliphatic carbocycles. The average Bonchev–Trinajstić information content (AvgIpc) is 3.30. The van der Waals surface area contributed by atoms with Gasteiger partial charge in [-0.15, -0.1) is 11.3 Å². The molecule has 1 N–H and O–H groups in total. The third-order valence-corrected chi connectivity index (χ3v) is 6.29. The normalized spacial score (nSPS) is 10.6. The van der Waals surface area contributed by atoms with E-state index in [1.165, 1.54) is 30.7 Å². The van der Waals surface area contributed by atoms with Crippen molar-refractivity contribution in [2.24, 2.45) is 0 Å². The molecule has 0 saturated carbocycles. The first-order valence-electron chi connectivity index (χ1n) is 10.7. The van der Waals surface area contributed by atoms with Gasteiger partial charge in [0.2, 0.25) is 0 Å². The molecule has 0 unspecified atom stereocenters. The largest absolute Gasteiger partial charge is 0.452 e. The Morgan fingerprint density at radius 1 is 1.03 bits per heavy atom. The molecule has 3 aromatic carbocycles. The molecule has 8 nitrogen and oxygen atoms in total. The maximum absolute atomic E-state index is 12.5. The second kappa shape index (κ2) is 10.4. The van der Waals surface area contributed by atoms with Crippen molar-refractivity contribution in [1.29, 1.82) is 0 Å². The minimum Gasteiger partial charge on any atom is -0.452 e. The zero-order chi connectivity index (χ0) is 24.9. The van der Waals surface area contributed by atoms with Gasteiger partial charge in [0.05, 0.1) is 28.6 Å². The standard InChI is InChI=1S/C26H23N3O5S/c1-16-8-13-20-22(14-16)35-24(28-20)17-9-11-18(12-10-17)27-23(30)15-34-25(31)19-6-4-5-7-21(19)29(2)26(32)33-3/h4-14H,15H2,1-3H3,(H,27,30). The van der Waals surface area contributed by atoms with Gasteiger partial charge in [0, 0.05) is 18.3 Å². The molecule has 178 valence electrons. The number of rotatable bonds is 6. The molecule has 35 heavy (non-hydrogen) atoms. The maximum Gasteiger partial charge on any atom is 0.413 e. The number of para-hydroxylation sites is 1. The number of esters is 1. The summed E-state index contributed by atoms with van der Waals surface area (Å²) >= 11 is 1.61. The van der Waals surface area contributed by atoms with Gasteiger partial charge < -0.3 is 14.8 Å². The van der Waals surface area contributed by atoms with Gasteiger partial charge in [0.1, 0.15) is 5.01 Å². The van der Waals surface area contributed by atoms with Gasteiger partial charge in [0.15, 0.2) is 6.61 Å². The molecule has 0 bridgehead atoms. The van der Waals surface area contributed by atoms with Gasteiger partial charge in [-0.2, -0.15) is 0 Å². The number of nitrogens with zero attached hydrogens (tertiary/aromatic N) is 2. The maximum atomic E-state index is 12.5. The van der Waals surface area contributed by atoms with Gasteiger partial charge in [0.25, 0.3) is 5.91 Å². The Hall–Kier alpha value is -4.24. The number of ether oxygens (including phenoxy) is 2.